The van der Waals surface area contributed by atoms with E-state index in [-0.39, 0.29) is 0 Å². The maximum Gasteiger partial charge on any atom is 0.331 e. The largest absolute Gasteiger partial charge is 0.361 e. The van der Waals surface area contributed by atoms with Crippen LogP contribution in [0.15, 0.2) is 35.6 Å². The van der Waals surface area contributed by atoms with Crippen LogP contribution in [0, 0.1) is 0 Å². The van der Waals surface area contributed by atoms with E-state index in [1.165, 1.54) is 13.1 Å². The third kappa shape index (κ3) is 2.22. The van der Waals surface area contributed by atoms with Crippen LogP contribution < -0.4 is 0 Å². The van der Waals surface area contributed by atoms with Crippen LogP contribution in [-0.4, -0.2) is 17.2 Å². The fourth-order valence-electron chi connectivity index (χ4n) is 1.31. The molecule has 4 heteroatoms. The van der Waals surface area contributed by atoms with E-state index in [0.717, 1.165) is 16.5 Å². The first-order valence-corrected chi connectivity index (χ1v) is 4.54. The summed E-state index contributed by atoms with van der Waals surface area (Å²) in [5, 5.41) is 4.68. The number of nitrogens with one attached hydrogen (secondary N) is 1. The number of nitrogens with zero attached hydrogens (tertiary/aromatic N) is 1. The normalized spacial score (nSPS) is 11.0. The van der Waals surface area contributed by atoms with Crippen LogP contribution in [0.5, 0.6) is 0 Å². The molecule has 1 N–H and O–H groups in total. The molecule has 0 fully saturated rings. The van der Waals surface area contributed by atoms with Crippen molar-refractivity contribution in [3.8, 4) is 0 Å². The van der Waals surface area contributed by atoms with Crippen molar-refractivity contribution in [2.75, 3.05) is 0 Å². The lowest BCUT2D eigenvalue weighted by Gasteiger charge is -1.93. The van der Waals surface area contributed by atoms with Gasteiger partial charge in [-0.3, -0.25) is 0 Å². The van der Waals surface area contributed by atoms with Crippen molar-refractivity contribution in [1.82, 2.24) is 4.98 Å². The molecule has 2 aromatic rings. The number of oxime groups is 1. The molecule has 0 amide bonds. The molecule has 2 rings (SSSR count). The molecule has 0 aliphatic carbocycles. The maximum absolute atomic E-state index is 10.5. The van der Waals surface area contributed by atoms with Crippen molar-refractivity contribution < 1.29 is 9.63 Å². The Morgan fingerprint density at radius 2 is 2.33 bits per heavy atom. The van der Waals surface area contributed by atoms with Crippen molar-refractivity contribution >= 4 is 23.1 Å². The van der Waals surface area contributed by atoms with E-state index < -0.39 is 5.97 Å². The lowest BCUT2D eigenvalue weighted by molar-refractivity contribution is -0.140. The summed E-state index contributed by atoms with van der Waals surface area (Å²) in [4.78, 5) is 18.0. The Hall–Kier alpha value is -2.10. The first-order valence-electron chi connectivity index (χ1n) is 4.54. The van der Waals surface area contributed by atoms with Gasteiger partial charge in [0.15, 0.2) is 0 Å². The fraction of sp³-hybridized carbons (Fsp3) is 0.0909. The van der Waals surface area contributed by atoms with Gasteiger partial charge >= 0.3 is 5.97 Å². The standard InChI is InChI=1S/C11H10N2O2/c1-8(14)15-13-7-9-2-3-10-4-5-12-11(10)6-9/h2-7,12H,1H3/b13-7-. The zero-order valence-corrected chi connectivity index (χ0v) is 8.23. The molecule has 0 saturated carbocycles. The van der Waals surface area contributed by atoms with Gasteiger partial charge in [-0.2, -0.15) is 0 Å². The number of carbonyl (C=O) groups excluding carboxylic acids is 1. The smallest absolute Gasteiger partial charge is 0.331 e. The number of carbonyl (C=O) groups is 1. The summed E-state index contributed by atoms with van der Waals surface area (Å²) in [5.41, 5.74) is 1.91. The van der Waals surface area contributed by atoms with E-state index >= 15 is 0 Å². The van der Waals surface area contributed by atoms with Gasteiger partial charge in [0.05, 0.1) is 6.21 Å². The number of aromatic nitrogens is 1. The Labute approximate surface area is 86.5 Å². The van der Waals surface area contributed by atoms with Gasteiger partial charge in [0.1, 0.15) is 0 Å². The average molecular weight is 202 g/mol. The molecular formula is C11H10N2O2. The number of fused-ring (bicyclic) bond motifs is 1. The Morgan fingerprint density at radius 1 is 1.47 bits per heavy atom. The van der Waals surface area contributed by atoms with Gasteiger partial charge in [0.2, 0.25) is 0 Å². The highest BCUT2D eigenvalue weighted by molar-refractivity contribution is 5.88. The van der Waals surface area contributed by atoms with Crippen LogP contribution in [0.2, 0.25) is 0 Å². The second kappa shape index (κ2) is 3.96. The molecular weight excluding hydrogens is 192 g/mol. The third-order valence-corrected chi connectivity index (χ3v) is 1.96. The van der Waals surface area contributed by atoms with Crippen LogP contribution in [0.25, 0.3) is 10.9 Å². The van der Waals surface area contributed by atoms with Crippen LogP contribution in [0.3, 0.4) is 0 Å². The summed E-state index contributed by atoms with van der Waals surface area (Å²) in [7, 11) is 0. The highest BCUT2D eigenvalue weighted by Gasteiger charge is 1.95. The van der Waals surface area contributed by atoms with Crippen molar-refractivity contribution in [3.05, 3.63) is 36.0 Å². The highest BCUT2D eigenvalue weighted by atomic mass is 16.7. The Bertz CT molecular complexity index is 514. The minimum Gasteiger partial charge on any atom is -0.361 e. The van der Waals surface area contributed by atoms with E-state index in [4.69, 9.17) is 0 Å². The monoisotopic (exact) mass is 202 g/mol. The van der Waals surface area contributed by atoms with Gasteiger partial charge < -0.3 is 9.82 Å². The van der Waals surface area contributed by atoms with Crippen molar-refractivity contribution in [3.63, 3.8) is 0 Å². The predicted octanol–water partition coefficient (Wildman–Crippen LogP) is 2.06. The molecule has 1 aromatic heterocycles. The summed E-state index contributed by atoms with van der Waals surface area (Å²) >= 11 is 0. The van der Waals surface area contributed by atoms with Gasteiger partial charge in [-0.15, -0.1) is 0 Å². The maximum atomic E-state index is 10.5. The second-order valence-electron chi connectivity index (χ2n) is 3.14. The second-order valence-corrected chi connectivity index (χ2v) is 3.14. The van der Waals surface area contributed by atoms with Crippen LogP contribution in [-0.2, 0) is 9.63 Å². The number of hydrogen-bond donors (Lipinski definition) is 1. The summed E-state index contributed by atoms with van der Waals surface area (Å²) < 4.78 is 0. The molecule has 0 aliphatic rings. The molecule has 0 spiro atoms. The lowest BCUT2D eigenvalue weighted by atomic mass is 10.2. The number of hydrogen-bond acceptors (Lipinski definition) is 3. The minimum atomic E-state index is -0.424. The summed E-state index contributed by atoms with van der Waals surface area (Å²) in [6.07, 6.45) is 3.37. The molecule has 0 saturated heterocycles. The highest BCUT2D eigenvalue weighted by Crippen LogP contribution is 2.12. The van der Waals surface area contributed by atoms with Crippen molar-refractivity contribution in [2.45, 2.75) is 6.92 Å². The Kier molecular flexibility index (Phi) is 2.49. The average Bonchev–Trinajstić information content (AvgIpc) is 2.64. The molecule has 0 radical (unpaired) electrons. The molecule has 0 bridgehead atoms. The fourth-order valence-corrected chi connectivity index (χ4v) is 1.31. The molecule has 76 valence electrons. The summed E-state index contributed by atoms with van der Waals surface area (Å²) in [5.74, 6) is -0.424. The molecule has 1 aromatic carbocycles. The summed E-state index contributed by atoms with van der Waals surface area (Å²) in [6, 6.07) is 7.80. The Morgan fingerprint density at radius 3 is 3.13 bits per heavy atom. The van der Waals surface area contributed by atoms with Gasteiger partial charge in [-0.05, 0) is 23.1 Å². The number of H-pyrrole nitrogens is 1. The zero-order chi connectivity index (χ0) is 10.7. The van der Waals surface area contributed by atoms with Gasteiger partial charge in [-0.25, -0.2) is 4.79 Å². The molecule has 4 nitrogen and oxygen atoms in total. The lowest BCUT2D eigenvalue weighted by Crippen LogP contribution is -1.91. The van der Waals surface area contributed by atoms with Crippen molar-refractivity contribution in [2.24, 2.45) is 5.16 Å². The van der Waals surface area contributed by atoms with E-state index in [2.05, 4.69) is 15.0 Å². The predicted molar refractivity (Wildman–Crippen MR) is 57.7 cm³/mol. The quantitative estimate of drug-likeness (QED) is 0.460. The topological polar surface area (TPSA) is 54.4 Å². The molecule has 0 aliphatic heterocycles. The zero-order valence-electron chi connectivity index (χ0n) is 8.23. The van der Waals surface area contributed by atoms with Gasteiger partial charge in [0, 0.05) is 18.6 Å². The molecule has 15 heavy (non-hydrogen) atoms. The first-order chi connectivity index (χ1) is 7.25. The number of benzene rings is 1. The van der Waals surface area contributed by atoms with Crippen LogP contribution in [0.1, 0.15) is 12.5 Å². The van der Waals surface area contributed by atoms with E-state index in [1.807, 2.05) is 30.5 Å². The van der Waals surface area contributed by atoms with E-state index in [9.17, 15) is 4.79 Å². The van der Waals surface area contributed by atoms with E-state index in [0.29, 0.717) is 0 Å². The summed E-state index contributed by atoms with van der Waals surface area (Å²) in [6.45, 7) is 1.31. The minimum absolute atomic E-state index is 0.424. The van der Waals surface area contributed by atoms with E-state index in [1.54, 1.807) is 0 Å². The van der Waals surface area contributed by atoms with Crippen LogP contribution in [0.4, 0.5) is 0 Å². The molecule has 0 atom stereocenters. The van der Waals surface area contributed by atoms with Gasteiger partial charge in [0.25, 0.3) is 0 Å². The van der Waals surface area contributed by atoms with Gasteiger partial charge in [-0.1, -0.05) is 17.3 Å². The molecule has 1 heterocycles. The third-order valence-electron chi connectivity index (χ3n) is 1.96. The molecule has 0 unspecified atom stereocenters. The Balaban J connectivity index is 2.21. The first kappa shape index (κ1) is 9.45. The van der Waals surface area contributed by atoms with Crippen molar-refractivity contribution in [1.29, 1.82) is 0 Å². The number of rotatable bonds is 2. The van der Waals surface area contributed by atoms with Crippen LogP contribution >= 0.6 is 0 Å². The SMILES string of the molecule is CC(=O)O/N=C\c1ccc2cc[nH]c2c1. The number of aromatic amines is 1.